The van der Waals surface area contributed by atoms with E-state index in [4.69, 9.17) is 10.00 Å². The molecule has 0 radical (unpaired) electrons. The molecule has 1 heterocycles. The molecule has 2 rings (SSSR count). The number of hydrogen-bond donors (Lipinski definition) is 0. The minimum absolute atomic E-state index is 0.168. The lowest BCUT2D eigenvalue weighted by Crippen LogP contribution is -2.41. The van der Waals surface area contributed by atoms with Crippen LogP contribution in [0.4, 0.5) is 5.69 Å². The molecule has 0 amide bonds. The molecule has 1 aliphatic heterocycles. The molecule has 1 aliphatic rings. The minimum atomic E-state index is 0.168. The summed E-state index contributed by atoms with van der Waals surface area (Å²) in [7, 11) is 0. The van der Waals surface area contributed by atoms with Crippen LogP contribution in [0, 0.1) is 11.3 Å². The Bertz CT molecular complexity index is 465. The van der Waals surface area contributed by atoms with Crippen molar-refractivity contribution in [2.75, 3.05) is 24.6 Å². The number of aldehydes is 1. The molecule has 0 bridgehead atoms. The third kappa shape index (κ3) is 2.45. The van der Waals surface area contributed by atoms with Crippen molar-refractivity contribution in [1.82, 2.24) is 0 Å². The highest BCUT2D eigenvalue weighted by molar-refractivity contribution is 5.78. The molecule has 1 aromatic rings. The zero-order valence-electron chi connectivity index (χ0n) is 9.72. The van der Waals surface area contributed by atoms with Gasteiger partial charge >= 0.3 is 0 Å². The molecule has 1 atom stereocenters. The number of benzene rings is 1. The quantitative estimate of drug-likeness (QED) is 0.724. The first kappa shape index (κ1) is 11.6. The Kier molecular flexibility index (Phi) is 3.40. The van der Waals surface area contributed by atoms with Crippen molar-refractivity contribution in [3.8, 4) is 6.07 Å². The summed E-state index contributed by atoms with van der Waals surface area (Å²) in [4.78, 5) is 12.8. The van der Waals surface area contributed by atoms with Crippen LogP contribution in [-0.2, 0) is 4.74 Å². The molecular weight excluding hydrogens is 216 g/mol. The summed E-state index contributed by atoms with van der Waals surface area (Å²) < 4.78 is 5.47. The number of anilines is 1. The van der Waals surface area contributed by atoms with Crippen LogP contribution in [0.3, 0.4) is 0 Å². The molecule has 1 aromatic carbocycles. The van der Waals surface area contributed by atoms with E-state index in [1.165, 1.54) is 0 Å². The van der Waals surface area contributed by atoms with E-state index in [0.29, 0.717) is 17.7 Å². The van der Waals surface area contributed by atoms with Gasteiger partial charge < -0.3 is 9.64 Å². The van der Waals surface area contributed by atoms with Gasteiger partial charge in [0.15, 0.2) is 0 Å². The fraction of sp³-hybridized carbons (Fsp3) is 0.385. The van der Waals surface area contributed by atoms with Gasteiger partial charge in [-0.2, -0.15) is 5.26 Å². The molecule has 0 spiro atoms. The van der Waals surface area contributed by atoms with Gasteiger partial charge in [0.25, 0.3) is 0 Å². The van der Waals surface area contributed by atoms with Crippen LogP contribution in [0.2, 0.25) is 0 Å². The summed E-state index contributed by atoms with van der Waals surface area (Å²) in [6.07, 6.45) is 0.924. The fourth-order valence-corrected chi connectivity index (χ4v) is 2.03. The molecule has 1 unspecified atom stereocenters. The largest absolute Gasteiger partial charge is 0.375 e. The van der Waals surface area contributed by atoms with E-state index < -0.39 is 0 Å². The van der Waals surface area contributed by atoms with Crippen LogP contribution in [0.5, 0.6) is 0 Å². The maximum atomic E-state index is 10.7. The average Bonchev–Trinajstić information content (AvgIpc) is 2.38. The Morgan fingerprint density at radius 1 is 1.59 bits per heavy atom. The number of nitrogens with zero attached hydrogens (tertiary/aromatic N) is 2. The highest BCUT2D eigenvalue weighted by atomic mass is 16.5. The first-order valence-electron chi connectivity index (χ1n) is 5.60. The Hall–Kier alpha value is -1.86. The van der Waals surface area contributed by atoms with Crippen LogP contribution < -0.4 is 4.90 Å². The number of morpholine rings is 1. The zero-order valence-corrected chi connectivity index (χ0v) is 9.72. The number of carbonyl (C=O) groups is 1. The Labute approximate surface area is 100 Å². The van der Waals surface area contributed by atoms with Crippen molar-refractivity contribution in [1.29, 1.82) is 5.26 Å². The van der Waals surface area contributed by atoms with Crippen molar-refractivity contribution < 1.29 is 9.53 Å². The smallest absolute Gasteiger partial charge is 0.150 e. The SMILES string of the molecule is CC1CN(c2ccc(C=O)cc2C#N)CCO1. The third-order valence-electron chi connectivity index (χ3n) is 2.86. The Morgan fingerprint density at radius 2 is 2.41 bits per heavy atom. The van der Waals surface area contributed by atoms with Gasteiger partial charge in [0.05, 0.1) is 24.0 Å². The summed E-state index contributed by atoms with van der Waals surface area (Å²) in [6, 6.07) is 7.34. The summed E-state index contributed by atoms with van der Waals surface area (Å²) in [5, 5.41) is 9.11. The van der Waals surface area contributed by atoms with Crippen LogP contribution in [0.15, 0.2) is 18.2 Å². The lowest BCUT2D eigenvalue weighted by molar-refractivity contribution is 0.0532. The van der Waals surface area contributed by atoms with E-state index in [-0.39, 0.29) is 6.10 Å². The van der Waals surface area contributed by atoms with Gasteiger partial charge in [0, 0.05) is 18.7 Å². The zero-order chi connectivity index (χ0) is 12.3. The number of carbonyl (C=O) groups excluding carboxylic acids is 1. The number of nitriles is 1. The Balaban J connectivity index is 2.31. The van der Waals surface area contributed by atoms with Crippen molar-refractivity contribution >= 4 is 12.0 Å². The lowest BCUT2D eigenvalue weighted by atomic mass is 10.1. The predicted octanol–water partition coefficient (Wildman–Crippen LogP) is 1.60. The maximum Gasteiger partial charge on any atom is 0.150 e. The topological polar surface area (TPSA) is 53.3 Å². The molecule has 0 aliphatic carbocycles. The minimum Gasteiger partial charge on any atom is -0.375 e. The van der Waals surface area contributed by atoms with Gasteiger partial charge in [0.2, 0.25) is 0 Å². The third-order valence-corrected chi connectivity index (χ3v) is 2.86. The van der Waals surface area contributed by atoms with Crippen LogP contribution in [0.25, 0.3) is 0 Å². The monoisotopic (exact) mass is 230 g/mol. The van der Waals surface area contributed by atoms with Gasteiger partial charge in [-0.1, -0.05) is 0 Å². The highest BCUT2D eigenvalue weighted by Crippen LogP contribution is 2.23. The van der Waals surface area contributed by atoms with Crippen molar-refractivity contribution in [3.63, 3.8) is 0 Å². The van der Waals surface area contributed by atoms with Gasteiger partial charge in [-0.25, -0.2) is 0 Å². The van der Waals surface area contributed by atoms with E-state index in [9.17, 15) is 4.79 Å². The van der Waals surface area contributed by atoms with Crippen molar-refractivity contribution in [3.05, 3.63) is 29.3 Å². The van der Waals surface area contributed by atoms with E-state index in [2.05, 4.69) is 11.0 Å². The first-order valence-corrected chi connectivity index (χ1v) is 5.60. The molecule has 88 valence electrons. The summed E-state index contributed by atoms with van der Waals surface area (Å²) in [5.41, 5.74) is 1.96. The van der Waals surface area contributed by atoms with E-state index in [1.54, 1.807) is 12.1 Å². The van der Waals surface area contributed by atoms with Gasteiger partial charge in [-0.05, 0) is 25.1 Å². The summed E-state index contributed by atoms with van der Waals surface area (Å²) >= 11 is 0. The lowest BCUT2D eigenvalue weighted by Gasteiger charge is -2.33. The van der Waals surface area contributed by atoms with E-state index >= 15 is 0 Å². The predicted molar refractivity (Wildman–Crippen MR) is 64.2 cm³/mol. The number of rotatable bonds is 2. The van der Waals surface area contributed by atoms with Gasteiger partial charge in [0.1, 0.15) is 12.4 Å². The highest BCUT2D eigenvalue weighted by Gasteiger charge is 2.19. The second-order valence-corrected chi connectivity index (χ2v) is 4.13. The summed E-state index contributed by atoms with van der Waals surface area (Å²) in [5.74, 6) is 0. The molecule has 0 saturated carbocycles. The van der Waals surface area contributed by atoms with E-state index in [1.807, 2.05) is 13.0 Å². The molecule has 17 heavy (non-hydrogen) atoms. The van der Waals surface area contributed by atoms with Crippen molar-refractivity contribution in [2.24, 2.45) is 0 Å². The fourth-order valence-electron chi connectivity index (χ4n) is 2.03. The average molecular weight is 230 g/mol. The standard InChI is InChI=1S/C13H14N2O2/c1-10-8-15(4-5-17-10)13-3-2-11(9-16)6-12(13)7-14/h2-3,6,9-10H,4-5,8H2,1H3. The van der Waals surface area contributed by atoms with Crippen LogP contribution in [-0.4, -0.2) is 32.1 Å². The Morgan fingerprint density at radius 3 is 3.06 bits per heavy atom. The van der Waals surface area contributed by atoms with Gasteiger partial charge in [-0.3, -0.25) is 4.79 Å². The number of hydrogen-bond acceptors (Lipinski definition) is 4. The number of ether oxygens (including phenoxy) is 1. The molecule has 4 nitrogen and oxygen atoms in total. The van der Waals surface area contributed by atoms with Crippen LogP contribution >= 0.6 is 0 Å². The molecule has 0 N–H and O–H groups in total. The first-order chi connectivity index (χ1) is 8.24. The molecule has 1 saturated heterocycles. The second-order valence-electron chi connectivity index (χ2n) is 4.13. The molecule has 4 heteroatoms. The van der Waals surface area contributed by atoms with Gasteiger partial charge in [-0.15, -0.1) is 0 Å². The van der Waals surface area contributed by atoms with E-state index in [0.717, 1.165) is 25.1 Å². The summed E-state index contributed by atoms with van der Waals surface area (Å²) in [6.45, 7) is 4.23. The molecular formula is C13H14N2O2. The normalized spacial score (nSPS) is 19.8. The molecule has 0 aromatic heterocycles. The maximum absolute atomic E-state index is 10.7. The second kappa shape index (κ2) is 4.98. The van der Waals surface area contributed by atoms with Crippen LogP contribution in [0.1, 0.15) is 22.8 Å². The van der Waals surface area contributed by atoms with Crippen molar-refractivity contribution in [2.45, 2.75) is 13.0 Å². The molecule has 1 fully saturated rings.